The van der Waals surface area contributed by atoms with Crippen LogP contribution in [-0.4, -0.2) is 55.4 Å². The van der Waals surface area contributed by atoms with Crippen LogP contribution in [0.5, 0.6) is 0 Å². The van der Waals surface area contributed by atoms with Gasteiger partial charge in [0.2, 0.25) is 0 Å². The van der Waals surface area contributed by atoms with Crippen molar-refractivity contribution in [1.29, 1.82) is 0 Å². The molecule has 100 valence electrons. The van der Waals surface area contributed by atoms with E-state index < -0.39 is 0 Å². The second kappa shape index (κ2) is 6.50. The van der Waals surface area contributed by atoms with E-state index in [9.17, 15) is 4.79 Å². The molecule has 1 unspecified atom stereocenters. The van der Waals surface area contributed by atoms with Gasteiger partial charge in [-0.1, -0.05) is 20.8 Å². The zero-order valence-electron chi connectivity index (χ0n) is 11.9. The number of aldehydes is 1. The SMILES string of the molecule is CCN1CCC(N(C)CC(C)(C=O)CC)CC1. The zero-order chi connectivity index (χ0) is 12.9. The Labute approximate surface area is 106 Å². The third-order valence-corrected chi connectivity index (χ3v) is 4.33. The first kappa shape index (κ1) is 14.7. The van der Waals surface area contributed by atoms with Gasteiger partial charge in [0.05, 0.1) is 0 Å². The van der Waals surface area contributed by atoms with Crippen molar-refractivity contribution < 1.29 is 4.79 Å². The molecule has 0 radical (unpaired) electrons. The lowest BCUT2D eigenvalue weighted by molar-refractivity contribution is -0.116. The van der Waals surface area contributed by atoms with Gasteiger partial charge in [-0.25, -0.2) is 0 Å². The van der Waals surface area contributed by atoms with Gasteiger partial charge < -0.3 is 14.6 Å². The quantitative estimate of drug-likeness (QED) is 0.664. The molecule has 1 fully saturated rings. The summed E-state index contributed by atoms with van der Waals surface area (Å²) in [5, 5.41) is 0. The van der Waals surface area contributed by atoms with E-state index in [0.717, 1.165) is 25.8 Å². The van der Waals surface area contributed by atoms with Gasteiger partial charge in [0.1, 0.15) is 6.29 Å². The number of piperidine rings is 1. The smallest absolute Gasteiger partial charge is 0.127 e. The molecule has 3 nitrogen and oxygen atoms in total. The van der Waals surface area contributed by atoms with Crippen molar-refractivity contribution in [3.05, 3.63) is 0 Å². The van der Waals surface area contributed by atoms with Gasteiger partial charge in [0.25, 0.3) is 0 Å². The number of nitrogens with zero attached hydrogens (tertiary/aromatic N) is 2. The molecule has 0 amide bonds. The predicted molar refractivity (Wildman–Crippen MR) is 72.2 cm³/mol. The third-order valence-electron chi connectivity index (χ3n) is 4.33. The number of carbonyl (C=O) groups is 1. The molecule has 0 spiro atoms. The summed E-state index contributed by atoms with van der Waals surface area (Å²) in [6.07, 6.45) is 4.53. The summed E-state index contributed by atoms with van der Waals surface area (Å²) < 4.78 is 0. The molecule has 0 N–H and O–H groups in total. The van der Waals surface area contributed by atoms with Crippen molar-refractivity contribution in [1.82, 2.24) is 9.80 Å². The van der Waals surface area contributed by atoms with Crippen LogP contribution in [0, 0.1) is 5.41 Å². The molecule has 1 saturated heterocycles. The van der Waals surface area contributed by atoms with E-state index in [4.69, 9.17) is 0 Å². The zero-order valence-corrected chi connectivity index (χ0v) is 11.9. The van der Waals surface area contributed by atoms with Crippen LogP contribution in [0.4, 0.5) is 0 Å². The minimum Gasteiger partial charge on any atom is -0.303 e. The molecule has 0 aliphatic carbocycles. The lowest BCUT2D eigenvalue weighted by atomic mass is 9.88. The molecule has 1 atom stereocenters. The second-order valence-corrected chi connectivity index (χ2v) is 5.71. The summed E-state index contributed by atoms with van der Waals surface area (Å²) >= 11 is 0. The molecule has 0 saturated carbocycles. The molecule has 0 aromatic heterocycles. The van der Waals surface area contributed by atoms with E-state index in [-0.39, 0.29) is 5.41 Å². The second-order valence-electron chi connectivity index (χ2n) is 5.71. The van der Waals surface area contributed by atoms with Gasteiger partial charge in [-0.2, -0.15) is 0 Å². The molecular formula is C14H28N2O. The molecule has 0 aromatic carbocycles. The van der Waals surface area contributed by atoms with Crippen LogP contribution in [0.3, 0.4) is 0 Å². The summed E-state index contributed by atoms with van der Waals surface area (Å²) in [6, 6.07) is 0.656. The first-order valence-corrected chi connectivity index (χ1v) is 6.93. The van der Waals surface area contributed by atoms with Gasteiger partial charge in [0, 0.05) is 18.0 Å². The first-order valence-electron chi connectivity index (χ1n) is 6.93. The van der Waals surface area contributed by atoms with Crippen LogP contribution >= 0.6 is 0 Å². The molecule has 1 rings (SSSR count). The van der Waals surface area contributed by atoms with Gasteiger partial charge in [0.15, 0.2) is 0 Å². The Kier molecular flexibility index (Phi) is 5.60. The van der Waals surface area contributed by atoms with E-state index in [1.165, 1.54) is 25.9 Å². The molecule has 0 aromatic rings. The largest absolute Gasteiger partial charge is 0.303 e. The standard InChI is InChI=1S/C14H28N2O/c1-5-14(3,12-17)11-15(4)13-7-9-16(6-2)10-8-13/h12-13H,5-11H2,1-4H3. The Balaban J connectivity index is 2.43. The normalized spacial score (nSPS) is 22.6. The molecule has 1 aliphatic heterocycles. The maximum absolute atomic E-state index is 11.1. The monoisotopic (exact) mass is 240 g/mol. The molecular weight excluding hydrogens is 212 g/mol. The topological polar surface area (TPSA) is 23.6 Å². The average molecular weight is 240 g/mol. The molecule has 3 heteroatoms. The summed E-state index contributed by atoms with van der Waals surface area (Å²) in [5.41, 5.74) is -0.170. The number of rotatable bonds is 6. The maximum Gasteiger partial charge on any atom is 0.127 e. The highest BCUT2D eigenvalue weighted by molar-refractivity contribution is 5.58. The van der Waals surface area contributed by atoms with Crippen molar-refractivity contribution in [2.24, 2.45) is 5.41 Å². The van der Waals surface area contributed by atoms with Crippen LogP contribution in [0.25, 0.3) is 0 Å². The van der Waals surface area contributed by atoms with E-state index in [2.05, 4.69) is 37.6 Å². The van der Waals surface area contributed by atoms with Crippen molar-refractivity contribution in [2.75, 3.05) is 33.2 Å². The minimum atomic E-state index is -0.170. The van der Waals surface area contributed by atoms with Crippen LogP contribution < -0.4 is 0 Å². The fraction of sp³-hybridized carbons (Fsp3) is 0.929. The molecule has 17 heavy (non-hydrogen) atoms. The summed E-state index contributed by atoms with van der Waals surface area (Å²) in [5.74, 6) is 0. The number of hydrogen-bond donors (Lipinski definition) is 0. The Morgan fingerprint density at radius 2 is 1.94 bits per heavy atom. The summed E-state index contributed by atoms with van der Waals surface area (Å²) in [4.78, 5) is 16.0. The van der Waals surface area contributed by atoms with Crippen molar-refractivity contribution in [3.63, 3.8) is 0 Å². The van der Waals surface area contributed by atoms with Gasteiger partial charge >= 0.3 is 0 Å². The van der Waals surface area contributed by atoms with E-state index in [1.807, 2.05) is 0 Å². The predicted octanol–water partition coefficient (Wildman–Crippen LogP) is 2.02. The highest BCUT2D eigenvalue weighted by atomic mass is 16.1. The minimum absolute atomic E-state index is 0.170. The third kappa shape index (κ3) is 4.07. The Morgan fingerprint density at radius 3 is 2.35 bits per heavy atom. The Bertz CT molecular complexity index is 236. The maximum atomic E-state index is 11.1. The summed E-state index contributed by atoms with van der Waals surface area (Å²) in [6.45, 7) is 10.9. The van der Waals surface area contributed by atoms with E-state index in [0.29, 0.717) is 6.04 Å². The lowest BCUT2D eigenvalue weighted by Gasteiger charge is -2.39. The van der Waals surface area contributed by atoms with E-state index in [1.54, 1.807) is 0 Å². The Hall–Kier alpha value is -0.410. The van der Waals surface area contributed by atoms with Crippen LogP contribution in [0.2, 0.25) is 0 Å². The fourth-order valence-corrected chi connectivity index (χ4v) is 2.61. The molecule has 0 bridgehead atoms. The highest BCUT2D eigenvalue weighted by Gasteiger charge is 2.28. The van der Waals surface area contributed by atoms with Crippen LogP contribution in [-0.2, 0) is 4.79 Å². The fourth-order valence-electron chi connectivity index (χ4n) is 2.61. The van der Waals surface area contributed by atoms with Crippen LogP contribution in [0.15, 0.2) is 0 Å². The average Bonchev–Trinajstić information content (AvgIpc) is 2.38. The highest BCUT2D eigenvalue weighted by Crippen LogP contribution is 2.23. The van der Waals surface area contributed by atoms with Gasteiger partial charge in [-0.15, -0.1) is 0 Å². The Morgan fingerprint density at radius 1 is 1.35 bits per heavy atom. The van der Waals surface area contributed by atoms with Crippen LogP contribution in [0.1, 0.15) is 40.0 Å². The number of likely N-dealkylation sites (tertiary alicyclic amines) is 1. The van der Waals surface area contributed by atoms with E-state index >= 15 is 0 Å². The summed E-state index contributed by atoms with van der Waals surface area (Å²) in [7, 11) is 2.17. The van der Waals surface area contributed by atoms with Crippen molar-refractivity contribution in [3.8, 4) is 0 Å². The van der Waals surface area contributed by atoms with Gasteiger partial charge in [-0.05, 0) is 45.9 Å². The number of carbonyl (C=O) groups excluding carboxylic acids is 1. The number of hydrogen-bond acceptors (Lipinski definition) is 3. The molecule has 1 aliphatic rings. The first-order chi connectivity index (χ1) is 8.04. The van der Waals surface area contributed by atoms with Crippen molar-refractivity contribution in [2.45, 2.75) is 46.1 Å². The van der Waals surface area contributed by atoms with Gasteiger partial charge in [-0.3, -0.25) is 0 Å². The molecule has 1 heterocycles. The van der Waals surface area contributed by atoms with Crippen molar-refractivity contribution >= 4 is 6.29 Å². The lowest BCUT2D eigenvalue weighted by Crippen LogP contribution is -2.46.